The number of ether oxygens (including phenoxy) is 2. The maximum Gasteiger partial charge on any atom is 0.247 e. The molecule has 2 aliphatic rings. The largest absolute Gasteiger partial charge is 0.482 e. The van der Waals surface area contributed by atoms with Crippen LogP contribution in [-0.2, 0) is 14.3 Å². The first-order valence-electron chi connectivity index (χ1n) is 12.4. The summed E-state index contributed by atoms with van der Waals surface area (Å²) in [5, 5.41) is 23.4. The molecular weight excluding hydrogens is 563 g/mol. The molecule has 3 unspecified atom stereocenters. The van der Waals surface area contributed by atoms with Crippen molar-refractivity contribution in [3.05, 3.63) is 39.5 Å². The summed E-state index contributed by atoms with van der Waals surface area (Å²) in [6.07, 6.45) is 6.37. The summed E-state index contributed by atoms with van der Waals surface area (Å²) in [6.45, 7) is 0.258. The third-order valence-electron chi connectivity index (χ3n) is 6.70. The Kier molecular flexibility index (Phi) is 11.3. The topological polar surface area (TPSA) is 108 Å². The molecule has 0 bridgehead atoms. The van der Waals surface area contributed by atoms with E-state index < -0.39 is 18.2 Å². The van der Waals surface area contributed by atoms with E-state index in [1.165, 1.54) is 0 Å². The van der Waals surface area contributed by atoms with Crippen LogP contribution in [0.4, 0.5) is 0 Å². The predicted octanol–water partition coefficient (Wildman–Crippen LogP) is 2.79. The van der Waals surface area contributed by atoms with Crippen LogP contribution in [0.25, 0.3) is 0 Å². The van der Waals surface area contributed by atoms with Crippen molar-refractivity contribution in [3.8, 4) is 5.75 Å². The zero-order chi connectivity index (χ0) is 25.2. The molecule has 1 fully saturated rings. The molecule has 9 heteroatoms. The third-order valence-corrected chi connectivity index (χ3v) is 7.59. The highest BCUT2D eigenvalue weighted by atomic mass is 127. The molecule has 1 saturated carbocycles. The Hall–Kier alpha value is -1.69. The van der Waals surface area contributed by atoms with Gasteiger partial charge in [0.25, 0.3) is 0 Å². The van der Waals surface area contributed by atoms with Crippen molar-refractivity contribution in [1.29, 1.82) is 0 Å². The van der Waals surface area contributed by atoms with Gasteiger partial charge in [-0.25, -0.2) is 0 Å². The third kappa shape index (κ3) is 7.65. The Morgan fingerprint density at radius 1 is 1.17 bits per heavy atom. The SMILES string of the molecule is COCCC(=O)N(C1CCCCCC1)C1CC(C(=O)NCCO)=CC(Oc2ccccc2I)C1O. The van der Waals surface area contributed by atoms with Crippen LogP contribution >= 0.6 is 22.6 Å². The second-order valence-electron chi connectivity index (χ2n) is 9.14. The first kappa shape index (κ1) is 27.9. The zero-order valence-electron chi connectivity index (χ0n) is 20.3. The summed E-state index contributed by atoms with van der Waals surface area (Å²) in [7, 11) is 1.57. The number of rotatable bonds is 10. The molecule has 0 saturated heterocycles. The van der Waals surface area contributed by atoms with Crippen molar-refractivity contribution in [2.24, 2.45) is 0 Å². The van der Waals surface area contributed by atoms with Gasteiger partial charge in [-0.3, -0.25) is 9.59 Å². The van der Waals surface area contributed by atoms with Crippen LogP contribution in [0.3, 0.4) is 0 Å². The molecule has 1 aromatic carbocycles. The number of nitrogens with zero attached hydrogens (tertiary/aromatic N) is 1. The Balaban J connectivity index is 1.95. The van der Waals surface area contributed by atoms with Crippen LogP contribution in [0.15, 0.2) is 35.9 Å². The fourth-order valence-corrected chi connectivity index (χ4v) is 5.46. The summed E-state index contributed by atoms with van der Waals surface area (Å²) < 4.78 is 12.3. The highest BCUT2D eigenvalue weighted by molar-refractivity contribution is 14.1. The van der Waals surface area contributed by atoms with E-state index in [0.29, 0.717) is 17.9 Å². The molecule has 0 aromatic heterocycles. The van der Waals surface area contributed by atoms with Crippen LogP contribution in [0.1, 0.15) is 51.4 Å². The van der Waals surface area contributed by atoms with E-state index >= 15 is 0 Å². The number of hydrogen-bond donors (Lipinski definition) is 3. The van der Waals surface area contributed by atoms with Crippen LogP contribution in [0.2, 0.25) is 0 Å². The van der Waals surface area contributed by atoms with E-state index in [-0.39, 0.29) is 43.8 Å². The molecule has 3 N–H and O–H groups in total. The summed E-state index contributed by atoms with van der Waals surface area (Å²) in [5.41, 5.74) is 0.447. The van der Waals surface area contributed by atoms with Crippen LogP contribution in [0.5, 0.6) is 5.75 Å². The van der Waals surface area contributed by atoms with Crippen molar-refractivity contribution in [3.63, 3.8) is 0 Å². The first-order chi connectivity index (χ1) is 17.0. The standard InChI is InChI=1S/C26H37IN2O6/c1-34-15-12-24(31)29(19-8-4-2-3-5-9-19)21-16-18(26(33)28-13-14-30)17-23(25(21)32)35-22-11-7-6-10-20(22)27/h6-7,10-11,17,19,21,23,25,30,32H,2-5,8-9,12-16H2,1H3,(H,28,33). The fraction of sp³-hybridized carbons (Fsp3) is 0.615. The number of carbonyl (C=O) groups excluding carboxylic acids is 2. The maximum atomic E-state index is 13.5. The van der Waals surface area contributed by atoms with Crippen LogP contribution in [0, 0.1) is 3.57 Å². The van der Waals surface area contributed by atoms with Gasteiger partial charge >= 0.3 is 0 Å². The zero-order valence-corrected chi connectivity index (χ0v) is 22.5. The molecule has 1 aromatic rings. The Morgan fingerprint density at radius 3 is 2.54 bits per heavy atom. The number of aliphatic hydroxyl groups is 2. The Labute approximate surface area is 221 Å². The normalized spacial score (nSPS) is 23.2. The van der Waals surface area contributed by atoms with Gasteiger partial charge in [0.2, 0.25) is 11.8 Å². The molecule has 35 heavy (non-hydrogen) atoms. The first-order valence-corrected chi connectivity index (χ1v) is 13.5. The van der Waals surface area contributed by atoms with Gasteiger partial charge in [-0.05, 0) is 53.6 Å². The molecular formula is C26H37IN2O6. The molecule has 2 aliphatic carbocycles. The second-order valence-corrected chi connectivity index (χ2v) is 10.3. The quantitative estimate of drug-likeness (QED) is 0.282. The lowest BCUT2D eigenvalue weighted by atomic mass is 9.86. The average Bonchev–Trinajstić information content (AvgIpc) is 3.14. The molecule has 3 atom stereocenters. The van der Waals surface area contributed by atoms with Crippen LogP contribution in [-0.4, -0.2) is 78.1 Å². The molecule has 0 heterocycles. The van der Waals surface area contributed by atoms with Crippen molar-refractivity contribution < 1.29 is 29.3 Å². The molecule has 2 amide bonds. The van der Waals surface area contributed by atoms with Crippen molar-refractivity contribution in [2.45, 2.75) is 75.7 Å². The molecule has 194 valence electrons. The summed E-state index contributed by atoms with van der Waals surface area (Å²) >= 11 is 2.17. The number of aliphatic hydroxyl groups excluding tert-OH is 2. The van der Waals surface area contributed by atoms with Gasteiger partial charge in [0.15, 0.2) is 0 Å². The lowest BCUT2D eigenvalue weighted by Crippen LogP contribution is -2.58. The smallest absolute Gasteiger partial charge is 0.247 e. The minimum Gasteiger partial charge on any atom is -0.482 e. The van der Waals surface area contributed by atoms with E-state index in [1.54, 1.807) is 13.2 Å². The average molecular weight is 600 g/mol. The Morgan fingerprint density at radius 2 is 1.89 bits per heavy atom. The minimum atomic E-state index is -1.00. The fourth-order valence-electron chi connectivity index (χ4n) is 4.95. The van der Waals surface area contributed by atoms with Gasteiger partial charge in [0, 0.05) is 31.7 Å². The Bertz CT molecular complexity index is 871. The predicted molar refractivity (Wildman–Crippen MR) is 141 cm³/mol. The molecule has 0 spiro atoms. The van der Waals surface area contributed by atoms with Gasteiger partial charge in [-0.2, -0.15) is 0 Å². The molecule has 3 rings (SSSR count). The highest BCUT2D eigenvalue weighted by Gasteiger charge is 2.42. The maximum absolute atomic E-state index is 13.5. The van der Waals surface area contributed by atoms with Gasteiger partial charge in [-0.1, -0.05) is 37.8 Å². The molecule has 8 nitrogen and oxygen atoms in total. The van der Waals surface area contributed by atoms with E-state index in [4.69, 9.17) is 14.6 Å². The highest BCUT2D eigenvalue weighted by Crippen LogP contribution is 2.33. The van der Waals surface area contributed by atoms with Gasteiger partial charge in [0.05, 0.1) is 29.2 Å². The van der Waals surface area contributed by atoms with E-state index in [9.17, 15) is 14.7 Å². The summed E-state index contributed by atoms with van der Waals surface area (Å²) in [5.74, 6) is 0.209. The van der Waals surface area contributed by atoms with Gasteiger partial charge in [0.1, 0.15) is 18.0 Å². The number of halogens is 1. The summed E-state index contributed by atoms with van der Waals surface area (Å²) in [6, 6.07) is 6.89. The number of benzene rings is 1. The number of methoxy groups -OCH3 is 1. The van der Waals surface area contributed by atoms with E-state index in [2.05, 4.69) is 27.9 Å². The monoisotopic (exact) mass is 600 g/mol. The number of nitrogens with one attached hydrogen (secondary N) is 1. The minimum absolute atomic E-state index is 0.00105. The second kappa shape index (κ2) is 14.2. The van der Waals surface area contributed by atoms with Crippen molar-refractivity contribution in [1.82, 2.24) is 10.2 Å². The lowest BCUT2D eigenvalue weighted by molar-refractivity contribution is -0.143. The molecule has 0 aliphatic heterocycles. The van der Waals surface area contributed by atoms with Crippen molar-refractivity contribution in [2.75, 3.05) is 26.9 Å². The number of para-hydroxylation sites is 1. The van der Waals surface area contributed by atoms with E-state index in [1.807, 2.05) is 29.2 Å². The number of carbonyl (C=O) groups is 2. The van der Waals surface area contributed by atoms with Gasteiger partial charge in [-0.15, -0.1) is 0 Å². The summed E-state index contributed by atoms with van der Waals surface area (Å²) in [4.78, 5) is 28.2. The number of hydrogen-bond acceptors (Lipinski definition) is 6. The van der Waals surface area contributed by atoms with Crippen LogP contribution < -0.4 is 10.1 Å². The van der Waals surface area contributed by atoms with E-state index in [0.717, 1.165) is 42.1 Å². The number of amides is 2. The lowest BCUT2D eigenvalue weighted by Gasteiger charge is -2.44. The van der Waals surface area contributed by atoms with Gasteiger partial charge < -0.3 is 29.9 Å². The van der Waals surface area contributed by atoms with Crippen molar-refractivity contribution >= 4 is 34.4 Å². The molecule has 0 radical (unpaired) electrons.